The molecule has 0 bridgehead atoms. The van der Waals surface area contributed by atoms with Gasteiger partial charge < -0.3 is 4.74 Å². The summed E-state index contributed by atoms with van der Waals surface area (Å²) in [5.41, 5.74) is 1.57. The Balaban J connectivity index is 2.28. The molecule has 2 aromatic rings. The van der Waals surface area contributed by atoms with Crippen molar-refractivity contribution in [2.45, 2.75) is 6.54 Å². The van der Waals surface area contributed by atoms with E-state index in [4.69, 9.17) is 4.74 Å². The zero-order valence-electron chi connectivity index (χ0n) is 9.26. The van der Waals surface area contributed by atoms with E-state index in [1.165, 1.54) is 6.20 Å². The van der Waals surface area contributed by atoms with Crippen LogP contribution < -0.4 is 4.74 Å². The number of carbonyl (C=O) groups is 1. The lowest BCUT2D eigenvalue weighted by Gasteiger charge is -2.08. The highest BCUT2D eigenvalue weighted by atomic mass is 79.9. The van der Waals surface area contributed by atoms with Crippen molar-refractivity contribution in [2.24, 2.45) is 0 Å². The first-order valence-corrected chi connectivity index (χ1v) is 5.82. The standard InChI is InChI=1S/C12H11BrN2O2/c1-17-12-3-2-11(13)4-10(12)7-15-6-9(8-16)5-14-15/h2-6,8H,7H2,1H3. The zero-order valence-corrected chi connectivity index (χ0v) is 10.8. The van der Waals surface area contributed by atoms with Crippen LogP contribution in [0.1, 0.15) is 15.9 Å². The average molecular weight is 295 g/mol. The first-order chi connectivity index (χ1) is 8.22. The maximum Gasteiger partial charge on any atom is 0.153 e. The third-order valence-electron chi connectivity index (χ3n) is 2.36. The molecule has 88 valence electrons. The molecule has 0 aliphatic heterocycles. The van der Waals surface area contributed by atoms with Gasteiger partial charge in [-0.2, -0.15) is 5.10 Å². The van der Waals surface area contributed by atoms with Crippen molar-refractivity contribution in [3.05, 3.63) is 46.2 Å². The van der Waals surface area contributed by atoms with Gasteiger partial charge in [-0.3, -0.25) is 9.48 Å². The van der Waals surface area contributed by atoms with Crippen LogP contribution in [0.5, 0.6) is 5.75 Å². The van der Waals surface area contributed by atoms with Gasteiger partial charge in [-0.15, -0.1) is 0 Å². The zero-order chi connectivity index (χ0) is 12.3. The lowest BCUT2D eigenvalue weighted by Crippen LogP contribution is -2.02. The van der Waals surface area contributed by atoms with Crippen LogP contribution in [-0.4, -0.2) is 23.2 Å². The lowest BCUT2D eigenvalue weighted by atomic mass is 10.2. The van der Waals surface area contributed by atoms with Gasteiger partial charge in [-0.1, -0.05) is 15.9 Å². The van der Waals surface area contributed by atoms with Crippen molar-refractivity contribution in [2.75, 3.05) is 7.11 Å². The van der Waals surface area contributed by atoms with Gasteiger partial charge in [0.25, 0.3) is 0 Å². The molecule has 0 saturated carbocycles. The monoisotopic (exact) mass is 294 g/mol. The number of halogens is 1. The summed E-state index contributed by atoms with van der Waals surface area (Å²) in [5.74, 6) is 0.802. The molecular formula is C12H11BrN2O2. The molecule has 1 aromatic heterocycles. The molecule has 1 aromatic carbocycles. The maximum absolute atomic E-state index is 10.6. The summed E-state index contributed by atoms with van der Waals surface area (Å²) in [6.45, 7) is 0.566. The molecule has 0 atom stereocenters. The number of hydrogen-bond acceptors (Lipinski definition) is 3. The van der Waals surface area contributed by atoms with Crippen molar-refractivity contribution >= 4 is 22.2 Å². The SMILES string of the molecule is COc1ccc(Br)cc1Cn1cc(C=O)cn1. The summed E-state index contributed by atoms with van der Waals surface area (Å²) in [5, 5.41) is 4.10. The minimum Gasteiger partial charge on any atom is -0.496 e. The van der Waals surface area contributed by atoms with Gasteiger partial charge in [0.15, 0.2) is 6.29 Å². The van der Waals surface area contributed by atoms with Crippen LogP contribution in [0.3, 0.4) is 0 Å². The van der Waals surface area contributed by atoms with E-state index in [1.807, 2.05) is 18.2 Å². The second-order valence-electron chi connectivity index (χ2n) is 3.55. The normalized spacial score (nSPS) is 10.2. The topological polar surface area (TPSA) is 44.1 Å². The van der Waals surface area contributed by atoms with Gasteiger partial charge in [0.1, 0.15) is 5.75 Å². The molecule has 0 spiro atoms. The Bertz CT molecular complexity index is 537. The number of nitrogens with zero attached hydrogens (tertiary/aromatic N) is 2. The van der Waals surface area contributed by atoms with E-state index >= 15 is 0 Å². The van der Waals surface area contributed by atoms with Gasteiger partial charge >= 0.3 is 0 Å². The number of rotatable bonds is 4. The molecule has 0 aliphatic rings. The van der Waals surface area contributed by atoms with Crippen LogP contribution in [0.15, 0.2) is 35.1 Å². The number of aldehydes is 1. The van der Waals surface area contributed by atoms with Gasteiger partial charge in [-0.05, 0) is 18.2 Å². The Morgan fingerprint density at radius 3 is 3.00 bits per heavy atom. The second-order valence-corrected chi connectivity index (χ2v) is 4.46. The number of carbonyl (C=O) groups excluding carboxylic acids is 1. The molecule has 0 unspecified atom stereocenters. The van der Waals surface area contributed by atoms with Crippen molar-refractivity contribution < 1.29 is 9.53 Å². The highest BCUT2D eigenvalue weighted by molar-refractivity contribution is 9.10. The molecule has 2 rings (SSSR count). The average Bonchev–Trinajstić information content (AvgIpc) is 2.77. The van der Waals surface area contributed by atoms with Gasteiger partial charge in [-0.25, -0.2) is 0 Å². The van der Waals surface area contributed by atoms with Crippen molar-refractivity contribution in [1.29, 1.82) is 0 Å². The molecule has 0 fully saturated rings. The number of hydrogen-bond donors (Lipinski definition) is 0. The molecule has 4 nitrogen and oxygen atoms in total. The van der Waals surface area contributed by atoms with E-state index < -0.39 is 0 Å². The summed E-state index contributed by atoms with van der Waals surface area (Å²) < 4.78 is 7.96. The molecule has 1 heterocycles. The third-order valence-corrected chi connectivity index (χ3v) is 2.86. The molecule has 17 heavy (non-hydrogen) atoms. The summed E-state index contributed by atoms with van der Waals surface area (Å²) in [6, 6.07) is 5.78. The first-order valence-electron chi connectivity index (χ1n) is 5.03. The van der Waals surface area contributed by atoms with Gasteiger partial charge in [0, 0.05) is 16.2 Å². The van der Waals surface area contributed by atoms with Crippen LogP contribution in [0.4, 0.5) is 0 Å². The fourth-order valence-electron chi connectivity index (χ4n) is 1.57. The van der Waals surface area contributed by atoms with Crippen molar-refractivity contribution in [1.82, 2.24) is 9.78 Å². The van der Waals surface area contributed by atoms with Crippen LogP contribution in [0.25, 0.3) is 0 Å². The largest absolute Gasteiger partial charge is 0.496 e. The van der Waals surface area contributed by atoms with E-state index in [0.29, 0.717) is 12.1 Å². The molecular weight excluding hydrogens is 284 g/mol. The lowest BCUT2D eigenvalue weighted by molar-refractivity contribution is 0.112. The van der Waals surface area contributed by atoms with Crippen molar-refractivity contribution in [3.63, 3.8) is 0 Å². The Morgan fingerprint density at radius 2 is 2.35 bits per heavy atom. The number of benzene rings is 1. The fourth-order valence-corrected chi connectivity index (χ4v) is 1.98. The Labute approximate surface area is 107 Å². The maximum atomic E-state index is 10.6. The second kappa shape index (κ2) is 5.14. The molecule has 0 amide bonds. The highest BCUT2D eigenvalue weighted by Crippen LogP contribution is 2.23. The Morgan fingerprint density at radius 1 is 1.53 bits per heavy atom. The fraction of sp³-hybridized carbons (Fsp3) is 0.167. The van der Waals surface area contributed by atoms with E-state index in [0.717, 1.165) is 22.1 Å². The van der Waals surface area contributed by atoms with Crippen LogP contribution in [-0.2, 0) is 6.54 Å². The Hall–Kier alpha value is -1.62. The molecule has 0 aliphatic carbocycles. The molecule has 0 saturated heterocycles. The highest BCUT2D eigenvalue weighted by Gasteiger charge is 2.05. The van der Waals surface area contributed by atoms with E-state index in [9.17, 15) is 4.79 Å². The van der Waals surface area contributed by atoms with Gasteiger partial charge in [0.2, 0.25) is 0 Å². The number of methoxy groups -OCH3 is 1. The quantitative estimate of drug-likeness (QED) is 0.814. The summed E-state index contributed by atoms with van der Waals surface area (Å²) in [6.07, 6.45) is 4.02. The summed E-state index contributed by atoms with van der Waals surface area (Å²) >= 11 is 3.42. The summed E-state index contributed by atoms with van der Waals surface area (Å²) in [7, 11) is 1.63. The number of ether oxygens (including phenoxy) is 1. The van der Waals surface area contributed by atoms with E-state index in [1.54, 1.807) is 18.0 Å². The van der Waals surface area contributed by atoms with Crippen LogP contribution >= 0.6 is 15.9 Å². The number of aromatic nitrogens is 2. The first kappa shape index (κ1) is 11.9. The van der Waals surface area contributed by atoms with E-state index in [2.05, 4.69) is 21.0 Å². The third kappa shape index (κ3) is 2.74. The molecule has 0 radical (unpaired) electrons. The summed E-state index contributed by atoms with van der Waals surface area (Å²) in [4.78, 5) is 10.6. The molecule has 5 heteroatoms. The van der Waals surface area contributed by atoms with Crippen LogP contribution in [0, 0.1) is 0 Å². The van der Waals surface area contributed by atoms with Crippen LogP contribution in [0.2, 0.25) is 0 Å². The minimum absolute atomic E-state index is 0.566. The van der Waals surface area contributed by atoms with E-state index in [-0.39, 0.29) is 0 Å². The Kier molecular flexibility index (Phi) is 3.58. The molecule has 0 N–H and O–H groups in total. The smallest absolute Gasteiger partial charge is 0.153 e. The predicted molar refractivity (Wildman–Crippen MR) is 67.4 cm³/mol. The predicted octanol–water partition coefficient (Wildman–Crippen LogP) is 2.51. The minimum atomic E-state index is 0.566. The van der Waals surface area contributed by atoms with Crippen molar-refractivity contribution in [3.8, 4) is 5.75 Å². The van der Waals surface area contributed by atoms with Gasteiger partial charge in [0.05, 0.1) is 25.4 Å².